The van der Waals surface area contributed by atoms with Crippen molar-refractivity contribution in [3.05, 3.63) is 37.1 Å². The Labute approximate surface area is 99.9 Å². The van der Waals surface area contributed by atoms with Gasteiger partial charge in [0.05, 0.1) is 5.02 Å². The molecule has 0 amide bonds. The lowest BCUT2D eigenvalue weighted by Crippen LogP contribution is -2.37. The third-order valence-electron chi connectivity index (χ3n) is 2.33. The monoisotopic (exact) mass is 259 g/mol. The van der Waals surface area contributed by atoms with Gasteiger partial charge in [-0.1, -0.05) is 23.2 Å². The molecular weight excluding hydrogens is 253 g/mol. The summed E-state index contributed by atoms with van der Waals surface area (Å²) in [4.78, 5) is 27.4. The van der Waals surface area contributed by atoms with E-state index in [2.05, 4.69) is 4.98 Å². The van der Waals surface area contributed by atoms with Crippen LogP contribution in [0.25, 0.3) is 11.0 Å². The molecular formula is C9H7Cl2N3O2. The van der Waals surface area contributed by atoms with Gasteiger partial charge in [0, 0.05) is 14.1 Å². The SMILES string of the molecule is Cn1c(=O)c2c(Cl)cc(Cl)nc2n(C)c1=O. The van der Waals surface area contributed by atoms with Crippen LogP contribution in [-0.4, -0.2) is 14.1 Å². The molecule has 84 valence electrons. The van der Waals surface area contributed by atoms with Gasteiger partial charge in [0.2, 0.25) is 0 Å². The minimum Gasteiger partial charge on any atom is -0.280 e. The first kappa shape index (κ1) is 11.2. The number of fused-ring (bicyclic) bond motifs is 1. The van der Waals surface area contributed by atoms with Crippen molar-refractivity contribution in [3.63, 3.8) is 0 Å². The van der Waals surface area contributed by atoms with Crippen LogP contribution in [0, 0.1) is 0 Å². The molecule has 2 rings (SSSR count). The first-order valence-electron chi connectivity index (χ1n) is 4.35. The van der Waals surface area contributed by atoms with E-state index in [0.717, 1.165) is 4.57 Å². The molecule has 0 atom stereocenters. The van der Waals surface area contributed by atoms with Crippen LogP contribution in [0.5, 0.6) is 0 Å². The summed E-state index contributed by atoms with van der Waals surface area (Å²) in [5.74, 6) is 0. The number of pyridine rings is 1. The lowest BCUT2D eigenvalue weighted by Gasteiger charge is -2.07. The van der Waals surface area contributed by atoms with E-state index in [4.69, 9.17) is 23.2 Å². The highest BCUT2D eigenvalue weighted by Gasteiger charge is 2.13. The van der Waals surface area contributed by atoms with Crippen LogP contribution >= 0.6 is 23.2 Å². The second-order valence-corrected chi connectivity index (χ2v) is 4.13. The van der Waals surface area contributed by atoms with E-state index < -0.39 is 11.2 Å². The standard InChI is InChI=1S/C9H7Cl2N3O2/c1-13-7-6(4(10)3-5(11)12-7)8(15)14(2)9(13)16/h3H,1-2H3. The second-order valence-electron chi connectivity index (χ2n) is 3.33. The molecule has 5 nitrogen and oxygen atoms in total. The second kappa shape index (κ2) is 3.61. The highest BCUT2D eigenvalue weighted by molar-refractivity contribution is 6.37. The zero-order chi connectivity index (χ0) is 12.0. The largest absolute Gasteiger partial charge is 0.332 e. The van der Waals surface area contributed by atoms with Gasteiger partial charge < -0.3 is 0 Å². The van der Waals surface area contributed by atoms with Crippen LogP contribution in [0.2, 0.25) is 10.2 Å². The molecule has 0 N–H and O–H groups in total. The smallest absolute Gasteiger partial charge is 0.280 e. The van der Waals surface area contributed by atoms with Gasteiger partial charge in [-0.15, -0.1) is 0 Å². The molecule has 0 aromatic carbocycles. The van der Waals surface area contributed by atoms with Crippen molar-refractivity contribution in [3.8, 4) is 0 Å². The molecule has 0 unspecified atom stereocenters. The molecule has 0 bridgehead atoms. The zero-order valence-electron chi connectivity index (χ0n) is 8.49. The average molecular weight is 260 g/mol. The lowest BCUT2D eigenvalue weighted by atomic mass is 10.3. The predicted octanol–water partition coefficient (Wildman–Crippen LogP) is 0.939. The molecule has 0 saturated heterocycles. The summed E-state index contributed by atoms with van der Waals surface area (Å²) in [6.07, 6.45) is 0. The Bertz CT molecular complexity index is 702. The highest BCUT2D eigenvalue weighted by atomic mass is 35.5. The van der Waals surface area contributed by atoms with Gasteiger partial charge in [0.1, 0.15) is 10.5 Å². The van der Waals surface area contributed by atoms with E-state index in [1.54, 1.807) is 0 Å². The van der Waals surface area contributed by atoms with E-state index in [1.165, 1.54) is 24.7 Å². The fourth-order valence-electron chi connectivity index (χ4n) is 1.48. The molecule has 0 spiro atoms. The Hall–Kier alpha value is -1.33. The molecule has 0 aliphatic heterocycles. The Balaban J connectivity index is 3.22. The Morgan fingerprint density at radius 2 is 1.81 bits per heavy atom. The van der Waals surface area contributed by atoms with E-state index in [9.17, 15) is 9.59 Å². The van der Waals surface area contributed by atoms with E-state index in [1.807, 2.05) is 0 Å². The highest BCUT2D eigenvalue weighted by Crippen LogP contribution is 2.20. The van der Waals surface area contributed by atoms with Gasteiger partial charge in [-0.3, -0.25) is 13.9 Å². The number of aromatic nitrogens is 3. The Morgan fingerprint density at radius 1 is 1.19 bits per heavy atom. The first-order valence-corrected chi connectivity index (χ1v) is 5.11. The number of nitrogens with zero attached hydrogens (tertiary/aromatic N) is 3. The van der Waals surface area contributed by atoms with Crippen molar-refractivity contribution in [1.82, 2.24) is 14.1 Å². The molecule has 16 heavy (non-hydrogen) atoms. The number of rotatable bonds is 0. The average Bonchev–Trinajstić information content (AvgIpc) is 2.22. The minimum absolute atomic E-state index is 0.140. The molecule has 0 aliphatic rings. The number of hydrogen-bond donors (Lipinski definition) is 0. The van der Waals surface area contributed by atoms with Crippen LogP contribution in [-0.2, 0) is 14.1 Å². The zero-order valence-corrected chi connectivity index (χ0v) is 10.0. The van der Waals surface area contributed by atoms with Crippen molar-refractivity contribution < 1.29 is 0 Å². The molecule has 2 heterocycles. The molecule has 2 aromatic heterocycles. The van der Waals surface area contributed by atoms with Crippen LogP contribution in [0.1, 0.15) is 0 Å². The summed E-state index contributed by atoms with van der Waals surface area (Å²) in [6.45, 7) is 0. The first-order chi connectivity index (χ1) is 7.43. The van der Waals surface area contributed by atoms with Gasteiger partial charge in [-0.25, -0.2) is 9.78 Å². The maximum absolute atomic E-state index is 11.8. The molecule has 7 heteroatoms. The number of halogens is 2. The minimum atomic E-state index is -0.479. The Morgan fingerprint density at radius 3 is 2.44 bits per heavy atom. The Kier molecular flexibility index (Phi) is 2.52. The summed E-state index contributed by atoms with van der Waals surface area (Å²) < 4.78 is 2.21. The normalized spacial score (nSPS) is 11.0. The van der Waals surface area contributed by atoms with Crippen molar-refractivity contribution in [1.29, 1.82) is 0 Å². The molecule has 0 saturated carbocycles. The van der Waals surface area contributed by atoms with Gasteiger partial charge in [0.25, 0.3) is 5.56 Å². The van der Waals surface area contributed by atoms with Gasteiger partial charge in [0.15, 0.2) is 5.65 Å². The molecule has 0 fully saturated rings. The van der Waals surface area contributed by atoms with Crippen LogP contribution in [0.3, 0.4) is 0 Å². The molecule has 0 aliphatic carbocycles. The fourth-order valence-corrected chi connectivity index (χ4v) is 2.00. The predicted molar refractivity (Wildman–Crippen MR) is 62.2 cm³/mol. The van der Waals surface area contributed by atoms with Crippen LogP contribution in [0.15, 0.2) is 15.7 Å². The maximum atomic E-state index is 11.8. The van der Waals surface area contributed by atoms with E-state index in [0.29, 0.717) is 0 Å². The number of aryl methyl sites for hydroxylation is 1. The summed E-state index contributed by atoms with van der Waals surface area (Å²) in [7, 11) is 2.89. The third kappa shape index (κ3) is 1.44. The van der Waals surface area contributed by atoms with E-state index >= 15 is 0 Å². The van der Waals surface area contributed by atoms with Gasteiger partial charge >= 0.3 is 5.69 Å². The quantitative estimate of drug-likeness (QED) is 0.662. The van der Waals surface area contributed by atoms with Crippen molar-refractivity contribution in [2.45, 2.75) is 0 Å². The number of hydrogen-bond acceptors (Lipinski definition) is 3. The van der Waals surface area contributed by atoms with Crippen molar-refractivity contribution in [2.75, 3.05) is 0 Å². The topological polar surface area (TPSA) is 56.9 Å². The fraction of sp³-hybridized carbons (Fsp3) is 0.222. The summed E-state index contributed by atoms with van der Waals surface area (Å²) in [6, 6.07) is 1.37. The molecule has 0 radical (unpaired) electrons. The summed E-state index contributed by atoms with van der Waals surface area (Å²) >= 11 is 11.6. The van der Waals surface area contributed by atoms with Crippen molar-refractivity contribution in [2.24, 2.45) is 14.1 Å². The molecule has 2 aromatic rings. The summed E-state index contributed by atoms with van der Waals surface area (Å²) in [5.41, 5.74) is -0.763. The van der Waals surface area contributed by atoms with Crippen LogP contribution in [0.4, 0.5) is 0 Å². The third-order valence-corrected chi connectivity index (χ3v) is 2.82. The van der Waals surface area contributed by atoms with Gasteiger partial charge in [-0.05, 0) is 6.07 Å². The van der Waals surface area contributed by atoms with Crippen molar-refractivity contribution >= 4 is 34.2 Å². The lowest BCUT2D eigenvalue weighted by molar-refractivity contribution is 0.708. The van der Waals surface area contributed by atoms with E-state index in [-0.39, 0.29) is 21.2 Å². The maximum Gasteiger partial charge on any atom is 0.332 e. The van der Waals surface area contributed by atoms with Crippen LogP contribution < -0.4 is 11.2 Å². The summed E-state index contributed by atoms with van der Waals surface area (Å²) in [5, 5.41) is 0.516. The van der Waals surface area contributed by atoms with Gasteiger partial charge in [-0.2, -0.15) is 0 Å².